The third-order valence-corrected chi connectivity index (χ3v) is 6.89. The van der Waals surface area contributed by atoms with Gasteiger partial charge >= 0.3 is 0 Å². The van der Waals surface area contributed by atoms with Crippen molar-refractivity contribution in [3.8, 4) is 0 Å². The van der Waals surface area contributed by atoms with Crippen LogP contribution in [0.1, 0.15) is 40.0 Å². The number of rotatable bonds is 7. The first-order valence-corrected chi connectivity index (χ1v) is 10.2. The van der Waals surface area contributed by atoms with Gasteiger partial charge in [0.2, 0.25) is 20.0 Å². The predicted octanol–water partition coefficient (Wildman–Crippen LogP) is 1.59. The Bertz CT molecular complexity index is 734. The molecule has 0 spiro atoms. The van der Waals surface area contributed by atoms with Gasteiger partial charge in [-0.15, -0.1) is 0 Å². The van der Waals surface area contributed by atoms with Gasteiger partial charge in [-0.2, -0.15) is 0 Å². The fraction of sp³-hybridized carbons (Fsp3) is 0.571. The van der Waals surface area contributed by atoms with Crippen LogP contribution >= 0.6 is 0 Å². The topological polar surface area (TPSA) is 92.3 Å². The van der Waals surface area contributed by atoms with Gasteiger partial charge in [0, 0.05) is 11.6 Å². The van der Waals surface area contributed by atoms with Crippen molar-refractivity contribution in [2.75, 3.05) is 0 Å². The van der Waals surface area contributed by atoms with E-state index in [2.05, 4.69) is 9.44 Å². The Balaban J connectivity index is 2.21. The van der Waals surface area contributed by atoms with E-state index in [-0.39, 0.29) is 15.8 Å². The first-order valence-electron chi connectivity index (χ1n) is 7.22. The van der Waals surface area contributed by atoms with Gasteiger partial charge in [0.05, 0.1) is 9.79 Å². The zero-order valence-corrected chi connectivity index (χ0v) is 14.6. The molecule has 1 aromatic carbocycles. The lowest BCUT2D eigenvalue weighted by atomic mass is 10.0. The molecule has 1 aromatic rings. The van der Waals surface area contributed by atoms with Crippen molar-refractivity contribution in [3.63, 3.8) is 0 Å². The highest BCUT2D eigenvalue weighted by Gasteiger charge is 2.29. The summed E-state index contributed by atoms with van der Waals surface area (Å²) in [7, 11) is -7.23. The maximum absolute atomic E-state index is 12.3. The van der Waals surface area contributed by atoms with Crippen molar-refractivity contribution in [1.29, 1.82) is 0 Å². The van der Waals surface area contributed by atoms with Gasteiger partial charge in [0.15, 0.2) is 0 Å². The Morgan fingerprint density at radius 2 is 1.45 bits per heavy atom. The second-order valence-electron chi connectivity index (χ2n) is 6.21. The number of sulfonamides is 2. The first kappa shape index (κ1) is 17.4. The van der Waals surface area contributed by atoms with E-state index in [0.717, 1.165) is 12.8 Å². The minimum Gasteiger partial charge on any atom is -0.208 e. The van der Waals surface area contributed by atoms with Crippen LogP contribution < -0.4 is 9.44 Å². The van der Waals surface area contributed by atoms with Gasteiger partial charge in [0.25, 0.3) is 0 Å². The number of nitrogens with one attached hydrogen (secondary N) is 2. The quantitative estimate of drug-likeness (QED) is 0.784. The second kappa shape index (κ2) is 5.92. The van der Waals surface area contributed by atoms with Crippen molar-refractivity contribution in [2.24, 2.45) is 0 Å². The molecule has 2 rings (SSSR count). The molecule has 0 aromatic heterocycles. The summed E-state index contributed by atoms with van der Waals surface area (Å²) in [5.74, 6) is 0. The Hall–Kier alpha value is -0.960. The van der Waals surface area contributed by atoms with Crippen LogP contribution in [0.3, 0.4) is 0 Å². The van der Waals surface area contributed by atoms with Crippen LogP contribution in [-0.4, -0.2) is 28.4 Å². The van der Waals surface area contributed by atoms with Crippen LogP contribution in [0.4, 0.5) is 0 Å². The monoisotopic (exact) mass is 346 g/mol. The van der Waals surface area contributed by atoms with E-state index in [4.69, 9.17) is 0 Å². The molecule has 6 nitrogen and oxygen atoms in total. The van der Waals surface area contributed by atoms with Crippen LogP contribution in [0, 0.1) is 0 Å². The van der Waals surface area contributed by atoms with Crippen molar-refractivity contribution < 1.29 is 16.8 Å². The van der Waals surface area contributed by atoms with Crippen molar-refractivity contribution >= 4 is 20.0 Å². The molecule has 0 aliphatic heterocycles. The first-order chi connectivity index (χ1) is 10.1. The van der Waals surface area contributed by atoms with Crippen LogP contribution in [0.25, 0.3) is 0 Å². The zero-order chi connectivity index (χ0) is 16.6. The lowest BCUT2D eigenvalue weighted by Gasteiger charge is -2.24. The predicted molar refractivity (Wildman–Crippen MR) is 84.5 cm³/mol. The van der Waals surface area contributed by atoms with Crippen LogP contribution in [0.5, 0.6) is 0 Å². The van der Waals surface area contributed by atoms with Gasteiger partial charge in [-0.1, -0.05) is 6.92 Å². The molecule has 124 valence electrons. The van der Waals surface area contributed by atoms with E-state index in [9.17, 15) is 16.8 Å². The maximum atomic E-state index is 12.3. The normalized spacial score (nSPS) is 16.7. The zero-order valence-electron chi connectivity index (χ0n) is 13.0. The third-order valence-electron chi connectivity index (χ3n) is 3.64. The maximum Gasteiger partial charge on any atom is 0.241 e. The SMILES string of the molecule is CCC(C)(C)NS(=O)(=O)c1ccc(S(=O)(=O)NC2CC2)cc1. The molecular formula is C14H22N2O4S2. The van der Waals surface area contributed by atoms with Crippen LogP contribution in [0.2, 0.25) is 0 Å². The van der Waals surface area contributed by atoms with Gasteiger partial charge < -0.3 is 0 Å². The molecule has 0 atom stereocenters. The lowest BCUT2D eigenvalue weighted by molar-refractivity contribution is 0.439. The molecule has 2 N–H and O–H groups in total. The van der Waals surface area contributed by atoms with Crippen LogP contribution in [-0.2, 0) is 20.0 Å². The highest BCUT2D eigenvalue weighted by Crippen LogP contribution is 2.23. The number of hydrogen-bond acceptors (Lipinski definition) is 4. The molecule has 22 heavy (non-hydrogen) atoms. The second-order valence-corrected chi connectivity index (χ2v) is 9.61. The summed E-state index contributed by atoms with van der Waals surface area (Å²) in [5.41, 5.74) is -0.558. The minimum atomic E-state index is -3.67. The van der Waals surface area contributed by atoms with Gasteiger partial charge in [-0.05, 0) is 57.4 Å². The molecule has 0 unspecified atom stereocenters. The molecule has 8 heteroatoms. The average Bonchev–Trinajstić information content (AvgIpc) is 3.21. The van der Waals surface area contributed by atoms with E-state index in [1.165, 1.54) is 24.3 Å². The summed E-state index contributed by atoms with van der Waals surface area (Å²) in [6.07, 6.45) is 2.34. The molecule has 1 saturated carbocycles. The molecule has 1 aliphatic carbocycles. The largest absolute Gasteiger partial charge is 0.241 e. The van der Waals surface area contributed by atoms with Crippen molar-refractivity contribution in [1.82, 2.24) is 9.44 Å². The Kier molecular flexibility index (Phi) is 4.68. The van der Waals surface area contributed by atoms with E-state index >= 15 is 0 Å². The summed E-state index contributed by atoms with van der Waals surface area (Å²) >= 11 is 0. The van der Waals surface area contributed by atoms with E-state index in [1.54, 1.807) is 13.8 Å². The number of benzene rings is 1. The van der Waals surface area contributed by atoms with Gasteiger partial charge in [-0.25, -0.2) is 26.3 Å². The van der Waals surface area contributed by atoms with Crippen molar-refractivity contribution in [2.45, 2.75) is 61.4 Å². The minimum absolute atomic E-state index is 0.0143. The molecule has 1 aliphatic rings. The van der Waals surface area contributed by atoms with Crippen LogP contribution in [0.15, 0.2) is 34.1 Å². The van der Waals surface area contributed by atoms with Crippen molar-refractivity contribution in [3.05, 3.63) is 24.3 Å². The van der Waals surface area contributed by atoms with E-state index < -0.39 is 25.6 Å². The molecular weight excluding hydrogens is 324 g/mol. The lowest BCUT2D eigenvalue weighted by Crippen LogP contribution is -2.42. The molecule has 0 saturated heterocycles. The highest BCUT2D eigenvalue weighted by atomic mass is 32.2. The van der Waals surface area contributed by atoms with E-state index in [0.29, 0.717) is 6.42 Å². The third kappa shape index (κ3) is 4.28. The van der Waals surface area contributed by atoms with E-state index in [1.807, 2.05) is 6.92 Å². The smallest absolute Gasteiger partial charge is 0.208 e. The summed E-state index contributed by atoms with van der Waals surface area (Å²) < 4.78 is 53.8. The summed E-state index contributed by atoms with van der Waals surface area (Å²) in [6, 6.07) is 5.28. The number of hydrogen-bond donors (Lipinski definition) is 2. The molecule has 0 bridgehead atoms. The average molecular weight is 346 g/mol. The standard InChI is InChI=1S/C14H22N2O4S2/c1-4-14(2,3)16-22(19,20)13-9-7-12(8-10-13)21(17,18)15-11-5-6-11/h7-11,15-16H,4-6H2,1-3H3. The summed E-state index contributed by atoms with van der Waals surface area (Å²) in [6.45, 7) is 5.48. The Morgan fingerprint density at radius 1 is 1.00 bits per heavy atom. The molecule has 0 radical (unpaired) electrons. The summed E-state index contributed by atoms with van der Waals surface area (Å²) in [4.78, 5) is 0.132. The molecule has 1 fully saturated rings. The Morgan fingerprint density at radius 3 is 1.86 bits per heavy atom. The Labute approximate surface area is 132 Å². The summed E-state index contributed by atoms with van der Waals surface area (Å²) in [5, 5.41) is 0. The molecule has 0 amide bonds. The van der Waals surface area contributed by atoms with Gasteiger partial charge in [-0.3, -0.25) is 0 Å². The fourth-order valence-electron chi connectivity index (χ4n) is 1.78. The fourth-order valence-corrected chi connectivity index (χ4v) is 4.57. The van der Waals surface area contributed by atoms with Gasteiger partial charge in [0.1, 0.15) is 0 Å². The molecule has 0 heterocycles. The highest BCUT2D eigenvalue weighted by molar-refractivity contribution is 7.90.